The molecule has 0 fully saturated rings. The van der Waals surface area contributed by atoms with Crippen LogP contribution in [0, 0.1) is 11.3 Å². The van der Waals surface area contributed by atoms with Crippen LogP contribution >= 0.6 is 0 Å². The van der Waals surface area contributed by atoms with E-state index in [1.165, 1.54) is 6.20 Å². The van der Waals surface area contributed by atoms with E-state index in [-0.39, 0.29) is 17.5 Å². The minimum atomic E-state index is -0.377. The van der Waals surface area contributed by atoms with Gasteiger partial charge in [0.1, 0.15) is 17.8 Å². The van der Waals surface area contributed by atoms with Gasteiger partial charge in [-0.05, 0) is 39.8 Å². The smallest absolute Gasteiger partial charge is 0.242 e. The molecule has 1 unspecified atom stereocenters. The van der Waals surface area contributed by atoms with Crippen molar-refractivity contribution < 1.29 is 4.79 Å². The number of nitriles is 1. The number of aromatic nitrogens is 1. The van der Waals surface area contributed by atoms with Gasteiger partial charge in [-0.25, -0.2) is 4.98 Å². The minimum Gasteiger partial charge on any atom is -0.374 e. The monoisotopic (exact) mass is 246 g/mol. The molecule has 1 amide bonds. The second-order valence-electron chi connectivity index (χ2n) is 5.15. The number of carbonyl (C=O) groups excluding carboxylic acids is 1. The van der Waals surface area contributed by atoms with E-state index >= 15 is 0 Å². The molecule has 1 aromatic heterocycles. The number of rotatable bonds is 3. The van der Waals surface area contributed by atoms with Gasteiger partial charge in [-0.15, -0.1) is 0 Å². The number of hydrogen-bond acceptors (Lipinski definition) is 4. The van der Waals surface area contributed by atoms with Crippen LogP contribution in [0.15, 0.2) is 18.3 Å². The maximum atomic E-state index is 11.9. The average molecular weight is 246 g/mol. The fourth-order valence-electron chi connectivity index (χ4n) is 1.37. The maximum Gasteiger partial charge on any atom is 0.242 e. The number of amides is 1. The summed E-state index contributed by atoms with van der Waals surface area (Å²) in [5.74, 6) is -0.0854. The van der Waals surface area contributed by atoms with Crippen LogP contribution in [-0.2, 0) is 4.79 Å². The fourth-order valence-corrected chi connectivity index (χ4v) is 1.37. The average Bonchev–Trinajstić information content (AvgIpc) is 2.27. The van der Waals surface area contributed by atoms with Crippen molar-refractivity contribution in [2.45, 2.75) is 39.3 Å². The Balaban J connectivity index is 2.67. The topological polar surface area (TPSA) is 77.8 Å². The van der Waals surface area contributed by atoms with Gasteiger partial charge < -0.3 is 10.6 Å². The molecular formula is C13H18N4O. The predicted octanol–water partition coefficient (Wildman–Crippen LogP) is 1.67. The lowest BCUT2D eigenvalue weighted by atomic mass is 10.1. The zero-order valence-corrected chi connectivity index (χ0v) is 11.1. The summed E-state index contributed by atoms with van der Waals surface area (Å²) in [7, 11) is 0. The molecule has 0 saturated carbocycles. The molecule has 2 N–H and O–H groups in total. The zero-order valence-electron chi connectivity index (χ0n) is 11.1. The van der Waals surface area contributed by atoms with Crippen molar-refractivity contribution in [2.75, 3.05) is 5.32 Å². The van der Waals surface area contributed by atoms with Crippen LogP contribution in [0.2, 0.25) is 0 Å². The highest BCUT2D eigenvalue weighted by Crippen LogP contribution is 2.09. The molecule has 0 aliphatic rings. The Morgan fingerprint density at radius 2 is 2.17 bits per heavy atom. The number of nitrogens with zero attached hydrogens (tertiary/aromatic N) is 2. The summed E-state index contributed by atoms with van der Waals surface area (Å²) in [6, 6.07) is 4.92. The van der Waals surface area contributed by atoms with Crippen LogP contribution in [0.25, 0.3) is 0 Å². The van der Waals surface area contributed by atoms with Crippen LogP contribution in [0.5, 0.6) is 0 Å². The van der Waals surface area contributed by atoms with E-state index in [9.17, 15) is 4.79 Å². The highest BCUT2D eigenvalue weighted by molar-refractivity contribution is 5.84. The summed E-state index contributed by atoms with van der Waals surface area (Å²) in [6.07, 6.45) is 1.54. The van der Waals surface area contributed by atoms with Crippen LogP contribution in [-0.4, -0.2) is 22.5 Å². The van der Waals surface area contributed by atoms with Gasteiger partial charge in [-0.2, -0.15) is 5.26 Å². The summed E-state index contributed by atoms with van der Waals surface area (Å²) in [5.41, 5.74) is 0.768. The Labute approximate surface area is 107 Å². The van der Waals surface area contributed by atoms with E-state index in [1.54, 1.807) is 19.1 Å². The zero-order chi connectivity index (χ0) is 13.8. The van der Waals surface area contributed by atoms with Crippen molar-refractivity contribution in [1.82, 2.24) is 10.3 Å². The van der Waals surface area contributed by atoms with Gasteiger partial charge in [-0.3, -0.25) is 4.79 Å². The van der Waals surface area contributed by atoms with Crippen molar-refractivity contribution in [1.29, 1.82) is 5.26 Å². The third kappa shape index (κ3) is 4.42. The molecule has 0 aliphatic carbocycles. The standard InChI is InChI=1S/C13H18N4O/c1-9(12(18)17-13(2,3)4)16-10-5-6-15-11(7-10)8-14/h5-7,9H,1-4H3,(H,15,16)(H,17,18). The molecule has 96 valence electrons. The second kappa shape index (κ2) is 5.50. The van der Waals surface area contributed by atoms with E-state index < -0.39 is 0 Å². The van der Waals surface area contributed by atoms with Gasteiger partial charge in [0.2, 0.25) is 5.91 Å². The van der Waals surface area contributed by atoms with E-state index in [4.69, 9.17) is 5.26 Å². The van der Waals surface area contributed by atoms with E-state index in [0.29, 0.717) is 11.4 Å². The third-order valence-corrected chi connectivity index (χ3v) is 2.15. The predicted molar refractivity (Wildman–Crippen MR) is 69.9 cm³/mol. The highest BCUT2D eigenvalue weighted by Gasteiger charge is 2.18. The Morgan fingerprint density at radius 1 is 1.50 bits per heavy atom. The summed E-state index contributed by atoms with van der Waals surface area (Å²) in [4.78, 5) is 15.7. The van der Waals surface area contributed by atoms with Crippen molar-refractivity contribution >= 4 is 11.6 Å². The summed E-state index contributed by atoms with van der Waals surface area (Å²) in [6.45, 7) is 7.56. The lowest BCUT2D eigenvalue weighted by Gasteiger charge is -2.24. The van der Waals surface area contributed by atoms with Gasteiger partial charge in [0, 0.05) is 17.4 Å². The lowest BCUT2D eigenvalue weighted by molar-refractivity contribution is -0.122. The number of nitrogens with one attached hydrogen (secondary N) is 2. The molecule has 1 heterocycles. The first-order valence-electron chi connectivity index (χ1n) is 5.76. The van der Waals surface area contributed by atoms with E-state index in [0.717, 1.165) is 0 Å². The summed E-state index contributed by atoms with van der Waals surface area (Å²) >= 11 is 0. The van der Waals surface area contributed by atoms with Crippen molar-refractivity contribution in [2.24, 2.45) is 0 Å². The molecule has 1 atom stereocenters. The maximum absolute atomic E-state index is 11.9. The molecule has 1 rings (SSSR count). The third-order valence-electron chi connectivity index (χ3n) is 2.15. The van der Waals surface area contributed by atoms with Crippen LogP contribution in [0.3, 0.4) is 0 Å². The molecule has 0 aliphatic heterocycles. The van der Waals surface area contributed by atoms with Gasteiger partial charge in [0.15, 0.2) is 0 Å². The van der Waals surface area contributed by atoms with Crippen LogP contribution in [0.1, 0.15) is 33.4 Å². The first-order chi connectivity index (χ1) is 8.31. The van der Waals surface area contributed by atoms with Gasteiger partial charge in [-0.1, -0.05) is 0 Å². The van der Waals surface area contributed by atoms with Crippen molar-refractivity contribution in [3.63, 3.8) is 0 Å². The molecule has 5 heteroatoms. The van der Waals surface area contributed by atoms with Crippen molar-refractivity contribution in [3.05, 3.63) is 24.0 Å². The second-order valence-corrected chi connectivity index (χ2v) is 5.15. The van der Waals surface area contributed by atoms with E-state index in [1.807, 2.05) is 26.8 Å². The van der Waals surface area contributed by atoms with Gasteiger partial charge in [0.25, 0.3) is 0 Å². The van der Waals surface area contributed by atoms with E-state index in [2.05, 4.69) is 15.6 Å². The van der Waals surface area contributed by atoms with Crippen molar-refractivity contribution in [3.8, 4) is 6.07 Å². The summed E-state index contributed by atoms with van der Waals surface area (Å²) < 4.78 is 0. The molecular weight excluding hydrogens is 228 g/mol. The molecule has 18 heavy (non-hydrogen) atoms. The quantitative estimate of drug-likeness (QED) is 0.850. The molecule has 0 saturated heterocycles. The normalized spacial score (nSPS) is 12.4. The number of hydrogen-bond donors (Lipinski definition) is 2. The van der Waals surface area contributed by atoms with Crippen LogP contribution < -0.4 is 10.6 Å². The molecule has 1 aromatic rings. The SMILES string of the molecule is CC(Nc1ccnc(C#N)c1)C(=O)NC(C)(C)C. The fraction of sp³-hybridized carbons (Fsp3) is 0.462. The van der Waals surface area contributed by atoms with Gasteiger partial charge in [0.05, 0.1) is 0 Å². The Kier molecular flexibility index (Phi) is 4.27. The van der Waals surface area contributed by atoms with Gasteiger partial charge >= 0.3 is 0 Å². The molecule has 0 aromatic carbocycles. The highest BCUT2D eigenvalue weighted by atomic mass is 16.2. The van der Waals surface area contributed by atoms with Crippen LogP contribution in [0.4, 0.5) is 5.69 Å². The first kappa shape index (κ1) is 14.0. The Morgan fingerprint density at radius 3 is 2.72 bits per heavy atom. The molecule has 0 radical (unpaired) electrons. The lowest BCUT2D eigenvalue weighted by Crippen LogP contribution is -2.47. The molecule has 5 nitrogen and oxygen atoms in total. The number of pyridine rings is 1. The number of anilines is 1. The minimum absolute atomic E-state index is 0.0854. The Bertz CT molecular complexity index is 471. The largest absolute Gasteiger partial charge is 0.374 e. The molecule has 0 spiro atoms. The molecule has 0 bridgehead atoms. The first-order valence-corrected chi connectivity index (χ1v) is 5.76. The summed E-state index contributed by atoms with van der Waals surface area (Å²) in [5, 5.41) is 14.7. The Hall–Kier alpha value is -2.09. The number of carbonyl (C=O) groups is 1.